The second kappa shape index (κ2) is 10.5. The summed E-state index contributed by atoms with van der Waals surface area (Å²) in [5.74, 6) is 2.74. The van der Waals surface area contributed by atoms with E-state index >= 15 is 0 Å². The summed E-state index contributed by atoms with van der Waals surface area (Å²) in [5.41, 5.74) is 4.96. The molecule has 0 aromatic carbocycles. The first-order chi connectivity index (χ1) is 18.5. The van der Waals surface area contributed by atoms with Crippen molar-refractivity contribution in [2.75, 3.05) is 7.11 Å². The fourth-order valence-electron chi connectivity index (χ4n) is 6.20. The Bertz CT molecular complexity index is 1350. The molecular formula is C27H34ClN7O3. The maximum atomic E-state index is 9.79. The molecule has 6 rings (SSSR count). The number of rotatable bonds is 6. The van der Waals surface area contributed by atoms with Crippen LogP contribution in [0.2, 0.25) is 5.02 Å². The molecule has 2 N–H and O–H groups in total. The first-order valence-corrected chi connectivity index (χ1v) is 14.0. The van der Waals surface area contributed by atoms with Crippen LogP contribution in [0.4, 0.5) is 0 Å². The molecule has 2 fully saturated rings. The van der Waals surface area contributed by atoms with Gasteiger partial charge in [-0.05, 0) is 43.6 Å². The van der Waals surface area contributed by atoms with Crippen LogP contribution in [0.15, 0.2) is 23.5 Å². The van der Waals surface area contributed by atoms with Gasteiger partial charge in [0.2, 0.25) is 0 Å². The van der Waals surface area contributed by atoms with Crippen LogP contribution in [0.1, 0.15) is 76.4 Å². The molecular weight excluding hydrogens is 506 g/mol. The van der Waals surface area contributed by atoms with Gasteiger partial charge in [0.1, 0.15) is 22.6 Å². The third kappa shape index (κ3) is 4.79. The van der Waals surface area contributed by atoms with Gasteiger partial charge in [-0.25, -0.2) is 30.3 Å². The zero-order valence-corrected chi connectivity index (χ0v) is 22.6. The zero-order chi connectivity index (χ0) is 26.3. The number of amidine groups is 1. The van der Waals surface area contributed by atoms with Crippen LogP contribution in [-0.2, 0) is 21.7 Å². The molecule has 3 aromatic rings. The van der Waals surface area contributed by atoms with Crippen molar-refractivity contribution in [2.45, 2.75) is 83.3 Å². The quantitative estimate of drug-likeness (QED) is 0.461. The number of fused-ring (bicyclic) bond motifs is 1. The number of nitrogens with one attached hydrogen (secondary N) is 1. The molecule has 0 bridgehead atoms. The largest absolute Gasteiger partial charge is 0.370 e. The minimum Gasteiger partial charge on any atom is -0.370 e. The van der Waals surface area contributed by atoms with Crippen molar-refractivity contribution in [1.82, 2.24) is 30.0 Å². The van der Waals surface area contributed by atoms with Crippen LogP contribution in [0, 0.1) is 11.8 Å². The molecule has 10 nitrogen and oxygen atoms in total. The van der Waals surface area contributed by atoms with Gasteiger partial charge in [0, 0.05) is 31.6 Å². The van der Waals surface area contributed by atoms with Gasteiger partial charge in [-0.3, -0.25) is 4.98 Å². The number of halogens is 1. The number of aliphatic imine (C=N–C) groups is 1. The number of aliphatic hydroxyl groups is 1. The van der Waals surface area contributed by atoms with Gasteiger partial charge in [-0.2, -0.15) is 0 Å². The lowest BCUT2D eigenvalue weighted by Crippen LogP contribution is -2.35. The van der Waals surface area contributed by atoms with E-state index in [4.69, 9.17) is 36.1 Å². The Morgan fingerprint density at radius 3 is 2.61 bits per heavy atom. The zero-order valence-electron chi connectivity index (χ0n) is 21.9. The summed E-state index contributed by atoms with van der Waals surface area (Å²) >= 11 is 6.38. The number of nitrogens with zero attached hydrogens (tertiary/aromatic N) is 6. The van der Waals surface area contributed by atoms with Crippen molar-refractivity contribution in [2.24, 2.45) is 16.8 Å². The number of aliphatic hydroxyl groups excluding tert-OH is 1. The Hall–Kier alpha value is -2.66. The fourth-order valence-corrected chi connectivity index (χ4v) is 6.37. The minimum absolute atomic E-state index is 0.243. The van der Waals surface area contributed by atoms with Crippen LogP contribution >= 0.6 is 11.6 Å². The standard InChI is InChI=1S/C27H34ClN7O3/c1-16-6-8-17(9-7-16)15-35-21-20(18-12-19(28)14-29-13-18)30-23(24-33-26(36)38-34-24)31-22(21)32-25(35)27(37-2)10-4-3-5-11-27/h12-14,16-17,26,36H,3-11,15H2,1-2H3,(H,33,34). The third-order valence-electron chi connectivity index (χ3n) is 8.33. The van der Waals surface area contributed by atoms with Crippen molar-refractivity contribution < 1.29 is 14.7 Å². The Morgan fingerprint density at radius 2 is 1.92 bits per heavy atom. The highest BCUT2D eigenvalue weighted by molar-refractivity contribution is 6.30. The lowest BCUT2D eigenvalue weighted by molar-refractivity contribution is -0.102. The second-order valence-corrected chi connectivity index (χ2v) is 11.4. The molecule has 2 aliphatic carbocycles. The maximum absolute atomic E-state index is 9.79. The molecule has 1 aliphatic heterocycles. The van der Waals surface area contributed by atoms with Gasteiger partial charge in [0.15, 0.2) is 17.3 Å². The van der Waals surface area contributed by atoms with Crippen LogP contribution in [0.25, 0.3) is 22.4 Å². The SMILES string of the molecule is COC1(c2nc3nc(C4=NC(O)ON4)nc(-c4cncc(Cl)c4)c3n2CC2CCC(C)CC2)CCCCC1. The van der Waals surface area contributed by atoms with Crippen molar-refractivity contribution in [3.8, 4) is 11.3 Å². The summed E-state index contributed by atoms with van der Waals surface area (Å²) in [6, 6.07) is 1.85. The number of hydrogen-bond donors (Lipinski definition) is 2. The van der Waals surface area contributed by atoms with Gasteiger partial charge < -0.3 is 14.4 Å². The number of methoxy groups -OCH3 is 1. The van der Waals surface area contributed by atoms with E-state index in [0.717, 1.165) is 55.1 Å². The molecule has 4 heterocycles. The highest BCUT2D eigenvalue weighted by Gasteiger charge is 2.40. The monoisotopic (exact) mass is 539 g/mol. The average Bonchev–Trinajstić information content (AvgIpc) is 3.54. The predicted molar refractivity (Wildman–Crippen MR) is 143 cm³/mol. The van der Waals surface area contributed by atoms with E-state index in [9.17, 15) is 5.11 Å². The summed E-state index contributed by atoms with van der Waals surface area (Å²) in [6.45, 7) is 3.17. The molecule has 0 amide bonds. The Balaban J connectivity index is 1.58. The first-order valence-electron chi connectivity index (χ1n) is 13.6. The molecule has 2 saturated carbocycles. The average molecular weight is 540 g/mol. The minimum atomic E-state index is -1.32. The van der Waals surface area contributed by atoms with Crippen LogP contribution in [0.5, 0.6) is 0 Å². The number of hydroxylamine groups is 1. The van der Waals surface area contributed by atoms with E-state index in [1.54, 1.807) is 19.5 Å². The molecule has 11 heteroatoms. The lowest BCUT2D eigenvalue weighted by Gasteiger charge is -2.36. The summed E-state index contributed by atoms with van der Waals surface area (Å²) < 4.78 is 8.62. The van der Waals surface area contributed by atoms with Gasteiger partial charge in [0.25, 0.3) is 6.41 Å². The summed E-state index contributed by atoms with van der Waals surface area (Å²) in [5, 5.41) is 10.3. The predicted octanol–water partition coefficient (Wildman–Crippen LogP) is 4.73. The van der Waals surface area contributed by atoms with Crippen LogP contribution in [-0.4, -0.2) is 49.0 Å². The number of hydrogen-bond acceptors (Lipinski definition) is 9. The van der Waals surface area contributed by atoms with Crippen molar-refractivity contribution in [3.05, 3.63) is 35.1 Å². The third-order valence-corrected chi connectivity index (χ3v) is 8.54. The normalized spacial score (nSPS) is 25.4. The molecule has 3 aliphatic rings. The topological polar surface area (TPSA) is 120 Å². The number of ether oxygens (including phenoxy) is 1. The summed E-state index contributed by atoms with van der Waals surface area (Å²) in [4.78, 5) is 28.3. The molecule has 202 valence electrons. The molecule has 0 spiro atoms. The molecule has 1 unspecified atom stereocenters. The second-order valence-electron chi connectivity index (χ2n) is 10.9. The Labute approximate surface area is 226 Å². The summed E-state index contributed by atoms with van der Waals surface area (Å²) in [7, 11) is 1.80. The molecule has 0 saturated heterocycles. The van der Waals surface area contributed by atoms with Crippen molar-refractivity contribution in [1.29, 1.82) is 0 Å². The van der Waals surface area contributed by atoms with Gasteiger partial charge in [0.05, 0.1) is 5.02 Å². The Kier molecular flexibility index (Phi) is 7.07. The van der Waals surface area contributed by atoms with E-state index in [1.165, 1.54) is 32.1 Å². The number of pyridine rings is 1. The first kappa shape index (κ1) is 25.6. The van der Waals surface area contributed by atoms with Crippen LogP contribution < -0.4 is 5.48 Å². The van der Waals surface area contributed by atoms with E-state index in [0.29, 0.717) is 22.3 Å². The van der Waals surface area contributed by atoms with E-state index in [1.807, 2.05) is 6.07 Å². The van der Waals surface area contributed by atoms with E-state index < -0.39 is 12.0 Å². The van der Waals surface area contributed by atoms with Gasteiger partial charge in [-0.15, -0.1) is 0 Å². The van der Waals surface area contributed by atoms with E-state index in [2.05, 4.69) is 26.9 Å². The lowest BCUT2D eigenvalue weighted by atomic mass is 9.82. The fraction of sp³-hybridized carbons (Fsp3) is 0.593. The smallest absolute Gasteiger partial charge is 0.280 e. The van der Waals surface area contributed by atoms with Crippen LogP contribution in [0.3, 0.4) is 0 Å². The maximum Gasteiger partial charge on any atom is 0.280 e. The van der Waals surface area contributed by atoms with Gasteiger partial charge in [-0.1, -0.05) is 50.6 Å². The highest BCUT2D eigenvalue weighted by atomic mass is 35.5. The number of aromatic nitrogens is 5. The van der Waals surface area contributed by atoms with Crippen molar-refractivity contribution >= 4 is 28.6 Å². The summed E-state index contributed by atoms with van der Waals surface area (Å²) in [6.07, 6.45) is 12.1. The van der Waals surface area contributed by atoms with Gasteiger partial charge >= 0.3 is 0 Å². The molecule has 0 radical (unpaired) electrons. The molecule has 38 heavy (non-hydrogen) atoms. The van der Waals surface area contributed by atoms with Crippen molar-refractivity contribution in [3.63, 3.8) is 0 Å². The number of imidazole rings is 1. The molecule has 1 atom stereocenters. The van der Waals surface area contributed by atoms with E-state index in [-0.39, 0.29) is 11.7 Å². The Morgan fingerprint density at radius 1 is 1.13 bits per heavy atom. The molecule has 3 aromatic heterocycles. The highest BCUT2D eigenvalue weighted by Crippen LogP contribution is 2.43.